The van der Waals surface area contributed by atoms with Gasteiger partial charge in [-0.1, -0.05) is 54.6 Å². The highest BCUT2D eigenvalue weighted by molar-refractivity contribution is 5.99. The summed E-state index contributed by atoms with van der Waals surface area (Å²) in [7, 11) is 0. The van der Waals surface area contributed by atoms with Gasteiger partial charge >= 0.3 is 12.1 Å². The van der Waals surface area contributed by atoms with Gasteiger partial charge in [-0.05, 0) is 68.1 Å². The molecule has 0 heterocycles. The number of hydrogen-bond acceptors (Lipinski definition) is 3. The molecular weight excluding hydrogens is 402 g/mol. The van der Waals surface area contributed by atoms with Gasteiger partial charge < -0.3 is 20.7 Å². The van der Waals surface area contributed by atoms with Crippen LogP contribution < -0.4 is 16.0 Å². The van der Waals surface area contributed by atoms with E-state index < -0.39 is 11.7 Å². The normalized spacial score (nSPS) is 10.8. The number of urea groups is 1. The summed E-state index contributed by atoms with van der Waals surface area (Å²) in [5.41, 5.74) is 4.07. The lowest BCUT2D eigenvalue weighted by Crippen LogP contribution is -2.33. The minimum absolute atomic E-state index is 0.318. The predicted octanol–water partition coefficient (Wildman–Crippen LogP) is 6.06. The van der Waals surface area contributed by atoms with Gasteiger partial charge in [0.2, 0.25) is 0 Å². The molecule has 3 N–H and O–H groups in total. The van der Waals surface area contributed by atoms with Gasteiger partial charge in [0.15, 0.2) is 0 Å². The Hall–Kier alpha value is -3.80. The van der Waals surface area contributed by atoms with E-state index in [0.29, 0.717) is 24.3 Å². The Morgan fingerprint density at radius 1 is 0.781 bits per heavy atom. The average molecular weight is 432 g/mol. The zero-order chi connectivity index (χ0) is 23.0. The van der Waals surface area contributed by atoms with E-state index in [-0.39, 0.29) is 6.03 Å². The van der Waals surface area contributed by atoms with E-state index in [1.54, 1.807) is 0 Å². The Balaban J connectivity index is 1.49. The van der Waals surface area contributed by atoms with Crippen LogP contribution in [0.4, 0.5) is 21.0 Å². The monoisotopic (exact) mass is 431 g/mol. The summed E-state index contributed by atoms with van der Waals surface area (Å²) in [5, 5.41) is 8.43. The van der Waals surface area contributed by atoms with Crippen molar-refractivity contribution in [3.8, 4) is 11.1 Å². The summed E-state index contributed by atoms with van der Waals surface area (Å²) < 4.78 is 5.23. The molecule has 6 nitrogen and oxygen atoms in total. The third-order valence-electron chi connectivity index (χ3n) is 4.52. The number of carbonyl (C=O) groups is 2. The maximum absolute atomic E-state index is 12.4. The van der Waals surface area contributed by atoms with E-state index in [4.69, 9.17) is 4.74 Å². The third-order valence-corrected chi connectivity index (χ3v) is 4.52. The Bertz CT molecular complexity index is 1040. The fourth-order valence-electron chi connectivity index (χ4n) is 3.10. The van der Waals surface area contributed by atoms with Crippen LogP contribution in [0.1, 0.15) is 26.3 Å². The highest BCUT2D eigenvalue weighted by Crippen LogP contribution is 2.21. The van der Waals surface area contributed by atoms with E-state index >= 15 is 0 Å². The highest BCUT2D eigenvalue weighted by Gasteiger charge is 2.15. The van der Waals surface area contributed by atoms with Crippen LogP contribution in [0, 0.1) is 0 Å². The second kappa shape index (κ2) is 10.5. The topological polar surface area (TPSA) is 79.5 Å². The molecule has 3 aromatic carbocycles. The molecule has 0 unspecified atom stereocenters. The van der Waals surface area contributed by atoms with Gasteiger partial charge in [-0.25, -0.2) is 9.59 Å². The van der Waals surface area contributed by atoms with Gasteiger partial charge in [0.25, 0.3) is 0 Å². The maximum atomic E-state index is 12.4. The minimum Gasteiger partial charge on any atom is -0.444 e. The molecule has 0 fully saturated rings. The summed E-state index contributed by atoms with van der Waals surface area (Å²) in [6.07, 6.45) is 0.182. The molecule has 0 radical (unpaired) electrons. The summed E-state index contributed by atoms with van der Waals surface area (Å²) in [5.74, 6) is 0. The van der Waals surface area contributed by atoms with E-state index in [1.165, 1.54) is 0 Å². The van der Waals surface area contributed by atoms with Crippen LogP contribution in [-0.4, -0.2) is 24.3 Å². The third kappa shape index (κ3) is 7.47. The Kier molecular flexibility index (Phi) is 7.49. The molecule has 166 valence electrons. The molecule has 3 aromatic rings. The van der Waals surface area contributed by atoms with E-state index in [9.17, 15) is 9.59 Å². The molecular formula is C26H29N3O3. The lowest BCUT2D eigenvalue weighted by atomic mass is 10.1. The van der Waals surface area contributed by atoms with Crippen molar-refractivity contribution in [2.45, 2.75) is 32.8 Å². The number of nitrogens with one attached hydrogen (secondary N) is 3. The van der Waals surface area contributed by atoms with Crippen LogP contribution in [0.25, 0.3) is 11.1 Å². The Morgan fingerprint density at radius 2 is 1.44 bits per heavy atom. The molecule has 0 spiro atoms. The van der Waals surface area contributed by atoms with Gasteiger partial charge in [0.05, 0.1) is 0 Å². The summed E-state index contributed by atoms with van der Waals surface area (Å²) in [6.45, 7) is 5.91. The number of amides is 3. The predicted molar refractivity (Wildman–Crippen MR) is 129 cm³/mol. The average Bonchev–Trinajstić information content (AvgIpc) is 2.74. The number of benzene rings is 3. The van der Waals surface area contributed by atoms with Crippen molar-refractivity contribution in [2.75, 3.05) is 17.2 Å². The smallest absolute Gasteiger partial charge is 0.407 e. The first-order chi connectivity index (χ1) is 15.3. The van der Waals surface area contributed by atoms with Crippen LogP contribution in [0.2, 0.25) is 0 Å². The number of alkyl carbamates (subject to hydrolysis) is 1. The van der Waals surface area contributed by atoms with Crippen LogP contribution in [0.3, 0.4) is 0 Å². The van der Waals surface area contributed by atoms with Crippen molar-refractivity contribution in [2.24, 2.45) is 0 Å². The SMILES string of the molecule is CC(C)(C)OC(=O)NCCc1cccc(NC(=O)Nc2ccc(-c3ccccc3)cc2)c1. The zero-order valence-electron chi connectivity index (χ0n) is 18.6. The summed E-state index contributed by atoms with van der Waals surface area (Å²) >= 11 is 0. The molecule has 0 aliphatic rings. The number of rotatable bonds is 6. The lowest BCUT2D eigenvalue weighted by molar-refractivity contribution is 0.0528. The van der Waals surface area contributed by atoms with Crippen LogP contribution in [-0.2, 0) is 11.2 Å². The van der Waals surface area contributed by atoms with Crippen molar-refractivity contribution in [1.29, 1.82) is 0 Å². The van der Waals surface area contributed by atoms with E-state index in [0.717, 1.165) is 16.7 Å². The number of ether oxygens (including phenoxy) is 1. The summed E-state index contributed by atoms with van der Waals surface area (Å²) in [4.78, 5) is 24.1. The van der Waals surface area contributed by atoms with E-state index in [1.807, 2.05) is 99.6 Å². The Morgan fingerprint density at radius 3 is 2.12 bits per heavy atom. The quantitative estimate of drug-likeness (QED) is 0.443. The number of hydrogen-bond donors (Lipinski definition) is 3. The van der Waals surface area contributed by atoms with Gasteiger partial charge in [-0.2, -0.15) is 0 Å². The minimum atomic E-state index is -0.525. The van der Waals surface area contributed by atoms with Gasteiger partial charge in [0.1, 0.15) is 5.60 Å². The molecule has 3 rings (SSSR count). The summed E-state index contributed by atoms with van der Waals surface area (Å²) in [6, 6.07) is 25.0. The van der Waals surface area contributed by atoms with Crippen LogP contribution in [0.5, 0.6) is 0 Å². The van der Waals surface area contributed by atoms with Crippen molar-refractivity contribution < 1.29 is 14.3 Å². The first kappa shape index (κ1) is 22.9. The van der Waals surface area contributed by atoms with Crippen molar-refractivity contribution in [3.63, 3.8) is 0 Å². The number of carbonyl (C=O) groups excluding carboxylic acids is 2. The molecule has 0 aliphatic heterocycles. The fourth-order valence-corrected chi connectivity index (χ4v) is 3.10. The molecule has 0 bridgehead atoms. The van der Waals surface area contributed by atoms with Gasteiger partial charge in [-0.15, -0.1) is 0 Å². The molecule has 0 atom stereocenters. The van der Waals surface area contributed by atoms with Crippen molar-refractivity contribution in [1.82, 2.24) is 5.32 Å². The zero-order valence-corrected chi connectivity index (χ0v) is 18.6. The first-order valence-electron chi connectivity index (χ1n) is 10.6. The molecule has 0 aliphatic carbocycles. The molecule has 0 saturated carbocycles. The molecule has 0 aromatic heterocycles. The highest BCUT2D eigenvalue weighted by atomic mass is 16.6. The fraction of sp³-hybridized carbons (Fsp3) is 0.231. The second-order valence-corrected chi connectivity index (χ2v) is 8.40. The lowest BCUT2D eigenvalue weighted by Gasteiger charge is -2.19. The van der Waals surface area contributed by atoms with Crippen molar-refractivity contribution >= 4 is 23.5 Å². The van der Waals surface area contributed by atoms with Crippen molar-refractivity contribution in [3.05, 3.63) is 84.4 Å². The molecule has 0 saturated heterocycles. The standard InChI is InChI=1S/C26H29N3O3/c1-26(2,3)32-25(31)27-17-16-19-8-7-11-23(18-19)29-24(30)28-22-14-12-21(13-15-22)20-9-5-4-6-10-20/h4-15,18H,16-17H2,1-3H3,(H,27,31)(H2,28,29,30). The van der Waals surface area contributed by atoms with Crippen LogP contribution >= 0.6 is 0 Å². The van der Waals surface area contributed by atoms with Crippen LogP contribution in [0.15, 0.2) is 78.9 Å². The maximum Gasteiger partial charge on any atom is 0.407 e. The largest absolute Gasteiger partial charge is 0.444 e. The second-order valence-electron chi connectivity index (χ2n) is 8.40. The van der Waals surface area contributed by atoms with Gasteiger partial charge in [-0.3, -0.25) is 0 Å². The number of anilines is 2. The Labute approximate surface area is 189 Å². The molecule has 6 heteroatoms. The van der Waals surface area contributed by atoms with E-state index in [2.05, 4.69) is 16.0 Å². The first-order valence-corrected chi connectivity index (χ1v) is 10.6. The van der Waals surface area contributed by atoms with Gasteiger partial charge in [0, 0.05) is 17.9 Å². The molecule has 32 heavy (non-hydrogen) atoms. The molecule has 3 amide bonds.